The van der Waals surface area contributed by atoms with Crippen molar-refractivity contribution < 1.29 is 9.47 Å². The van der Waals surface area contributed by atoms with E-state index in [9.17, 15) is 0 Å². The summed E-state index contributed by atoms with van der Waals surface area (Å²) in [5.74, 6) is 2.36. The van der Waals surface area contributed by atoms with Crippen molar-refractivity contribution in [3.8, 4) is 11.5 Å². The van der Waals surface area contributed by atoms with Gasteiger partial charge in [0.15, 0.2) is 11.5 Å². The summed E-state index contributed by atoms with van der Waals surface area (Å²) in [5.41, 5.74) is 0.797. The second kappa shape index (κ2) is 4.13. The number of fused-ring (bicyclic) bond motifs is 2. The van der Waals surface area contributed by atoms with Crippen LogP contribution < -0.4 is 14.4 Å². The van der Waals surface area contributed by atoms with Crippen LogP contribution in [0.5, 0.6) is 11.5 Å². The number of nitrogens with zero attached hydrogens (tertiary/aromatic N) is 3. The summed E-state index contributed by atoms with van der Waals surface area (Å²) in [7, 11) is 0. The Hall–Kier alpha value is -1.75. The number of anilines is 1. The molecule has 2 aliphatic heterocycles. The van der Waals surface area contributed by atoms with Crippen molar-refractivity contribution in [1.29, 1.82) is 0 Å². The highest BCUT2D eigenvalue weighted by molar-refractivity contribution is 6.28. The fraction of sp³-hybridized carbons (Fsp3) is 0.385. The molecule has 1 fully saturated rings. The number of aromatic nitrogens is 2. The highest BCUT2D eigenvalue weighted by Crippen LogP contribution is 2.39. The van der Waals surface area contributed by atoms with Crippen molar-refractivity contribution in [2.24, 2.45) is 0 Å². The molecule has 3 heterocycles. The lowest BCUT2D eigenvalue weighted by atomic mass is 10.2. The molecule has 4 rings (SSSR count). The Balaban J connectivity index is 1.95. The van der Waals surface area contributed by atoms with E-state index in [-0.39, 0.29) is 12.1 Å². The normalized spacial score (nSPS) is 17.4. The van der Waals surface area contributed by atoms with Gasteiger partial charge in [0.1, 0.15) is 5.82 Å². The molecule has 0 N–H and O–H groups in total. The van der Waals surface area contributed by atoms with Gasteiger partial charge < -0.3 is 14.4 Å². The molecule has 6 heteroatoms. The third-order valence-electron chi connectivity index (χ3n) is 3.55. The van der Waals surface area contributed by atoms with Gasteiger partial charge in [-0.05, 0) is 30.5 Å². The molecule has 0 bridgehead atoms. The highest BCUT2D eigenvalue weighted by atomic mass is 35.5. The zero-order valence-corrected chi connectivity index (χ0v) is 11.0. The van der Waals surface area contributed by atoms with Crippen LogP contribution in [-0.2, 0) is 0 Å². The Morgan fingerprint density at radius 3 is 2.58 bits per heavy atom. The van der Waals surface area contributed by atoms with Crippen LogP contribution in [0.15, 0.2) is 12.1 Å². The van der Waals surface area contributed by atoms with Crippen LogP contribution in [0.4, 0.5) is 5.82 Å². The third-order valence-corrected chi connectivity index (χ3v) is 3.72. The second-order valence-electron chi connectivity index (χ2n) is 4.73. The summed E-state index contributed by atoms with van der Waals surface area (Å²) in [5, 5.41) is 1.24. The summed E-state index contributed by atoms with van der Waals surface area (Å²) in [6.07, 6.45) is 2.38. The van der Waals surface area contributed by atoms with E-state index < -0.39 is 0 Å². The minimum atomic E-state index is 0.256. The molecule has 0 atom stereocenters. The first-order valence-electron chi connectivity index (χ1n) is 6.33. The average molecular weight is 278 g/mol. The number of hydrogen-bond acceptors (Lipinski definition) is 5. The molecule has 0 spiro atoms. The molecule has 98 valence electrons. The predicted octanol–water partition coefficient (Wildman–Crippen LogP) is 2.61. The van der Waals surface area contributed by atoms with Gasteiger partial charge in [0.25, 0.3) is 0 Å². The molecule has 0 saturated carbocycles. The van der Waals surface area contributed by atoms with Gasteiger partial charge in [-0.15, -0.1) is 0 Å². The standard InChI is InChI=1S/C13H12ClN3O2/c14-13-15-9-6-11-10(18-7-19-11)5-8(9)12(16-13)17-3-1-2-4-17/h5-6H,1-4,7H2. The van der Waals surface area contributed by atoms with Gasteiger partial charge in [0.2, 0.25) is 12.1 Å². The van der Waals surface area contributed by atoms with Crippen LogP contribution in [0.25, 0.3) is 10.9 Å². The van der Waals surface area contributed by atoms with Crippen molar-refractivity contribution in [2.45, 2.75) is 12.8 Å². The Kier molecular flexibility index (Phi) is 2.41. The number of halogens is 1. The van der Waals surface area contributed by atoms with Gasteiger partial charge in [-0.25, -0.2) is 4.98 Å². The summed E-state index contributed by atoms with van der Waals surface area (Å²) in [4.78, 5) is 10.9. The first kappa shape index (κ1) is 11.1. The van der Waals surface area contributed by atoms with Crippen LogP contribution in [0.3, 0.4) is 0 Å². The first-order chi connectivity index (χ1) is 9.31. The molecular weight excluding hydrogens is 266 g/mol. The molecule has 1 saturated heterocycles. The lowest BCUT2D eigenvalue weighted by molar-refractivity contribution is 0.174. The van der Waals surface area contributed by atoms with Crippen LogP contribution in [0.2, 0.25) is 5.28 Å². The summed E-state index contributed by atoms with van der Waals surface area (Å²) in [6, 6.07) is 3.81. The summed E-state index contributed by atoms with van der Waals surface area (Å²) >= 11 is 6.03. The van der Waals surface area contributed by atoms with Gasteiger partial charge in [-0.1, -0.05) is 0 Å². The molecule has 1 aromatic carbocycles. The maximum absolute atomic E-state index is 6.03. The monoisotopic (exact) mass is 277 g/mol. The van der Waals surface area contributed by atoms with Gasteiger partial charge in [-0.2, -0.15) is 4.98 Å². The Morgan fingerprint density at radius 2 is 1.79 bits per heavy atom. The highest BCUT2D eigenvalue weighted by Gasteiger charge is 2.21. The Labute approximate surface area is 115 Å². The largest absolute Gasteiger partial charge is 0.454 e. The minimum absolute atomic E-state index is 0.256. The van der Waals surface area contributed by atoms with Gasteiger partial charge in [0, 0.05) is 24.5 Å². The SMILES string of the molecule is Clc1nc(N2CCCC2)c2cc3c(cc2n1)OCO3. The van der Waals surface area contributed by atoms with E-state index in [1.54, 1.807) is 0 Å². The maximum atomic E-state index is 6.03. The van der Waals surface area contributed by atoms with E-state index in [1.807, 2.05) is 12.1 Å². The average Bonchev–Trinajstić information content (AvgIpc) is 3.06. The fourth-order valence-corrected chi connectivity index (χ4v) is 2.82. The molecule has 0 amide bonds. The van der Waals surface area contributed by atoms with E-state index in [2.05, 4.69) is 14.9 Å². The third kappa shape index (κ3) is 1.76. The molecule has 0 unspecified atom stereocenters. The lowest BCUT2D eigenvalue weighted by Crippen LogP contribution is -2.19. The second-order valence-corrected chi connectivity index (χ2v) is 5.07. The lowest BCUT2D eigenvalue weighted by Gasteiger charge is -2.18. The molecule has 5 nitrogen and oxygen atoms in total. The van der Waals surface area contributed by atoms with Crippen LogP contribution in [0.1, 0.15) is 12.8 Å². The zero-order valence-electron chi connectivity index (χ0n) is 10.2. The van der Waals surface area contributed by atoms with Crippen molar-refractivity contribution in [2.75, 3.05) is 24.8 Å². The molecule has 1 aromatic heterocycles. The minimum Gasteiger partial charge on any atom is -0.454 e. The van der Waals surface area contributed by atoms with E-state index in [0.717, 1.165) is 41.3 Å². The Bertz CT molecular complexity index is 656. The van der Waals surface area contributed by atoms with Gasteiger partial charge >= 0.3 is 0 Å². The quantitative estimate of drug-likeness (QED) is 0.750. The topological polar surface area (TPSA) is 47.5 Å². The molecule has 19 heavy (non-hydrogen) atoms. The van der Waals surface area contributed by atoms with Crippen LogP contribution in [0, 0.1) is 0 Å². The molecule has 2 aromatic rings. The van der Waals surface area contributed by atoms with E-state index in [1.165, 1.54) is 12.8 Å². The Morgan fingerprint density at radius 1 is 1.05 bits per heavy atom. The van der Waals surface area contributed by atoms with E-state index >= 15 is 0 Å². The number of hydrogen-bond donors (Lipinski definition) is 0. The smallest absolute Gasteiger partial charge is 0.231 e. The van der Waals surface area contributed by atoms with E-state index in [4.69, 9.17) is 21.1 Å². The van der Waals surface area contributed by atoms with E-state index in [0.29, 0.717) is 0 Å². The number of ether oxygens (including phenoxy) is 2. The molecule has 2 aliphatic rings. The fourth-order valence-electron chi connectivity index (χ4n) is 2.64. The zero-order chi connectivity index (χ0) is 12.8. The summed E-state index contributed by atoms with van der Waals surface area (Å²) in [6.45, 7) is 2.28. The number of rotatable bonds is 1. The molecular formula is C13H12ClN3O2. The van der Waals surface area contributed by atoms with Gasteiger partial charge in [-0.3, -0.25) is 0 Å². The van der Waals surface area contributed by atoms with Crippen molar-refractivity contribution in [3.05, 3.63) is 17.4 Å². The first-order valence-corrected chi connectivity index (χ1v) is 6.71. The number of benzene rings is 1. The molecule has 0 radical (unpaired) electrons. The van der Waals surface area contributed by atoms with Crippen molar-refractivity contribution in [3.63, 3.8) is 0 Å². The van der Waals surface area contributed by atoms with Gasteiger partial charge in [0.05, 0.1) is 5.52 Å². The molecule has 0 aliphatic carbocycles. The van der Waals surface area contributed by atoms with Crippen LogP contribution >= 0.6 is 11.6 Å². The summed E-state index contributed by atoms with van der Waals surface area (Å²) < 4.78 is 10.8. The van der Waals surface area contributed by atoms with Crippen molar-refractivity contribution >= 4 is 28.3 Å². The maximum Gasteiger partial charge on any atom is 0.231 e. The predicted molar refractivity (Wildman–Crippen MR) is 72.1 cm³/mol. The van der Waals surface area contributed by atoms with Crippen molar-refractivity contribution in [1.82, 2.24) is 9.97 Å². The van der Waals surface area contributed by atoms with Crippen LogP contribution in [-0.4, -0.2) is 29.9 Å².